The van der Waals surface area contributed by atoms with E-state index in [-0.39, 0.29) is 0 Å². The molecule has 0 spiro atoms. The van der Waals surface area contributed by atoms with Crippen LogP contribution >= 0.6 is 0 Å². The third kappa shape index (κ3) is 3.20. The summed E-state index contributed by atoms with van der Waals surface area (Å²) >= 11 is 0. The number of aromatic nitrogens is 2. The Balaban J connectivity index is 2.78. The van der Waals surface area contributed by atoms with Gasteiger partial charge in [-0.1, -0.05) is 19.9 Å². The van der Waals surface area contributed by atoms with Gasteiger partial charge in [-0.15, -0.1) is 6.58 Å². The number of nitrogens with one attached hydrogen (secondary N) is 1. The van der Waals surface area contributed by atoms with E-state index in [1.54, 1.807) is 0 Å². The van der Waals surface area contributed by atoms with Crippen molar-refractivity contribution in [1.29, 1.82) is 0 Å². The van der Waals surface area contributed by atoms with Gasteiger partial charge in [0, 0.05) is 18.9 Å². The van der Waals surface area contributed by atoms with E-state index in [1.165, 1.54) is 0 Å². The van der Waals surface area contributed by atoms with Crippen molar-refractivity contribution in [3.63, 3.8) is 0 Å². The van der Waals surface area contributed by atoms with E-state index in [4.69, 9.17) is 0 Å². The highest BCUT2D eigenvalue weighted by Crippen LogP contribution is 2.15. The maximum atomic E-state index is 4.43. The molecule has 0 fully saturated rings. The van der Waals surface area contributed by atoms with Gasteiger partial charge in [0.25, 0.3) is 0 Å². The Bertz CT molecular complexity index is 291. The lowest BCUT2D eigenvalue weighted by atomic mass is 10.2. The van der Waals surface area contributed by atoms with E-state index in [1.807, 2.05) is 18.5 Å². The van der Waals surface area contributed by atoms with Crippen LogP contribution in [0.5, 0.6) is 0 Å². The molecule has 3 nitrogen and oxygen atoms in total. The third-order valence-electron chi connectivity index (χ3n) is 2.38. The molecule has 0 saturated carbocycles. The van der Waals surface area contributed by atoms with Crippen molar-refractivity contribution in [2.24, 2.45) is 0 Å². The first-order chi connectivity index (χ1) is 7.33. The van der Waals surface area contributed by atoms with Crippen LogP contribution < -0.4 is 5.32 Å². The van der Waals surface area contributed by atoms with Gasteiger partial charge in [-0.2, -0.15) is 0 Å². The summed E-state index contributed by atoms with van der Waals surface area (Å²) in [5.41, 5.74) is 0. The van der Waals surface area contributed by atoms with Crippen molar-refractivity contribution in [1.82, 2.24) is 14.9 Å². The van der Waals surface area contributed by atoms with Gasteiger partial charge < -0.3 is 9.88 Å². The predicted molar refractivity (Wildman–Crippen MR) is 63.7 cm³/mol. The molecule has 1 atom stereocenters. The first kappa shape index (κ1) is 12.0. The van der Waals surface area contributed by atoms with Crippen LogP contribution in [0, 0.1) is 0 Å². The van der Waals surface area contributed by atoms with Crippen molar-refractivity contribution in [2.45, 2.75) is 39.3 Å². The molecule has 1 unspecified atom stereocenters. The quantitative estimate of drug-likeness (QED) is 0.696. The van der Waals surface area contributed by atoms with E-state index in [0.717, 1.165) is 31.8 Å². The molecule has 0 aromatic carbocycles. The molecule has 0 amide bonds. The molecule has 0 saturated heterocycles. The second-order valence-corrected chi connectivity index (χ2v) is 3.61. The smallest absolute Gasteiger partial charge is 0.126 e. The molecule has 0 aliphatic carbocycles. The van der Waals surface area contributed by atoms with Gasteiger partial charge >= 0.3 is 0 Å². The van der Waals surface area contributed by atoms with Crippen molar-refractivity contribution in [2.75, 3.05) is 6.54 Å². The van der Waals surface area contributed by atoms with Gasteiger partial charge in [0.2, 0.25) is 0 Å². The standard InChI is InChI=1S/C12H21N3/c1-4-7-11(13-6-3)12-14-8-10-15(12)9-5-2/h4,8,10-11,13H,1,5-7,9H2,2-3H3. The molecule has 1 heterocycles. The fraction of sp³-hybridized carbons (Fsp3) is 0.583. The van der Waals surface area contributed by atoms with E-state index in [0.29, 0.717) is 6.04 Å². The van der Waals surface area contributed by atoms with Crippen LogP contribution in [0.25, 0.3) is 0 Å². The van der Waals surface area contributed by atoms with Gasteiger partial charge in [0.15, 0.2) is 0 Å². The van der Waals surface area contributed by atoms with Crippen LogP contribution in [0.1, 0.15) is 38.6 Å². The van der Waals surface area contributed by atoms with Gasteiger partial charge in [-0.25, -0.2) is 4.98 Å². The maximum Gasteiger partial charge on any atom is 0.126 e. The number of hydrogen-bond donors (Lipinski definition) is 1. The monoisotopic (exact) mass is 207 g/mol. The maximum absolute atomic E-state index is 4.43. The van der Waals surface area contributed by atoms with Gasteiger partial charge in [0.05, 0.1) is 6.04 Å². The van der Waals surface area contributed by atoms with Crippen molar-refractivity contribution < 1.29 is 0 Å². The SMILES string of the molecule is C=CCC(NCC)c1nccn1CCC. The fourth-order valence-corrected chi connectivity index (χ4v) is 1.75. The summed E-state index contributed by atoms with van der Waals surface area (Å²) in [7, 11) is 0. The van der Waals surface area contributed by atoms with Crippen LogP contribution in [0.4, 0.5) is 0 Å². The highest BCUT2D eigenvalue weighted by molar-refractivity contribution is 5.01. The lowest BCUT2D eigenvalue weighted by Gasteiger charge is -2.17. The molecule has 0 bridgehead atoms. The van der Waals surface area contributed by atoms with Crippen LogP contribution in [0.15, 0.2) is 25.0 Å². The highest BCUT2D eigenvalue weighted by Gasteiger charge is 2.13. The molecule has 0 radical (unpaired) electrons. The summed E-state index contributed by atoms with van der Waals surface area (Å²) in [5.74, 6) is 1.12. The molecule has 1 aromatic heterocycles. The summed E-state index contributed by atoms with van der Waals surface area (Å²) in [6.07, 6.45) is 7.92. The van der Waals surface area contributed by atoms with Crippen LogP contribution in [0.2, 0.25) is 0 Å². The number of rotatable bonds is 7. The zero-order valence-electron chi connectivity index (χ0n) is 9.74. The summed E-state index contributed by atoms with van der Waals surface area (Å²) in [4.78, 5) is 4.43. The summed E-state index contributed by atoms with van der Waals surface area (Å²) in [6.45, 7) is 10.1. The topological polar surface area (TPSA) is 29.9 Å². The Hall–Kier alpha value is -1.09. The molecule has 1 aromatic rings. The van der Waals surface area contributed by atoms with Gasteiger partial charge in [-0.05, 0) is 19.4 Å². The molecular weight excluding hydrogens is 186 g/mol. The Kier molecular flexibility index (Phi) is 5.12. The zero-order valence-corrected chi connectivity index (χ0v) is 9.74. The number of nitrogens with zero attached hydrogens (tertiary/aromatic N) is 2. The second-order valence-electron chi connectivity index (χ2n) is 3.61. The Morgan fingerprint density at radius 1 is 1.60 bits per heavy atom. The number of aryl methyl sites for hydroxylation is 1. The third-order valence-corrected chi connectivity index (χ3v) is 2.38. The Morgan fingerprint density at radius 3 is 3.00 bits per heavy atom. The van der Waals surface area contributed by atoms with E-state index < -0.39 is 0 Å². The van der Waals surface area contributed by atoms with Crippen LogP contribution in [0.3, 0.4) is 0 Å². The average molecular weight is 207 g/mol. The molecule has 1 N–H and O–H groups in total. The predicted octanol–water partition coefficient (Wildman–Crippen LogP) is 2.52. The fourth-order valence-electron chi connectivity index (χ4n) is 1.75. The minimum Gasteiger partial charge on any atom is -0.334 e. The molecular formula is C12H21N3. The molecule has 0 aliphatic heterocycles. The van der Waals surface area contributed by atoms with Crippen LogP contribution in [-0.2, 0) is 6.54 Å². The Labute approximate surface area is 92.2 Å². The first-order valence-corrected chi connectivity index (χ1v) is 5.68. The number of imidazole rings is 1. The summed E-state index contributed by atoms with van der Waals surface area (Å²) < 4.78 is 2.22. The minimum absolute atomic E-state index is 0.300. The lowest BCUT2D eigenvalue weighted by molar-refractivity contribution is 0.494. The minimum atomic E-state index is 0.300. The van der Waals surface area contributed by atoms with Crippen molar-refractivity contribution in [3.05, 3.63) is 30.9 Å². The van der Waals surface area contributed by atoms with E-state index in [9.17, 15) is 0 Å². The van der Waals surface area contributed by atoms with Gasteiger partial charge in [0.1, 0.15) is 5.82 Å². The lowest BCUT2D eigenvalue weighted by Crippen LogP contribution is -2.23. The first-order valence-electron chi connectivity index (χ1n) is 5.68. The van der Waals surface area contributed by atoms with Gasteiger partial charge in [-0.3, -0.25) is 0 Å². The molecule has 0 aliphatic rings. The highest BCUT2D eigenvalue weighted by atomic mass is 15.1. The average Bonchev–Trinajstić information content (AvgIpc) is 2.66. The molecule has 3 heteroatoms. The second kappa shape index (κ2) is 6.40. The Morgan fingerprint density at radius 2 is 2.40 bits per heavy atom. The summed E-state index contributed by atoms with van der Waals surface area (Å²) in [6, 6.07) is 0.300. The number of hydrogen-bond acceptors (Lipinski definition) is 2. The zero-order chi connectivity index (χ0) is 11.1. The van der Waals surface area contributed by atoms with E-state index in [2.05, 4.69) is 35.3 Å². The van der Waals surface area contributed by atoms with Crippen molar-refractivity contribution in [3.8, 4) is 0 Å². The summed E-state index contributed by atoms with van der Waals surface area (Å²) in [5, 5.41) is 3.43. The normalized spacial score (nSPS) is 12.7. The van der Waals surface area contributed by atoms with E-state index >= 15 is 0 Å². The largest absolute Gasteiger partial charge is 0.334 e. The molecule has 1 rings (SSSR count). The molecule has 15 heavy (non-hydrogen) atoms. The van der Waals surface area contributed by atoms with Crippen LogP contribution in [-0.4, -0.2) is 16.1 Å². The molecule has 84 valence electrons. The van der Waals surface area contributed by atoms with Crippen molar-refractivity contribution >= 4 is 0 Å².